The fourth-order valence-electron chi connectivity index (χ4n) is 7.52. The van der Waals surface area contributed by atoms with Crippen molar-refractivity contribution in [3.8, 4) is 0 Å². The van der Waals surface area contributed by atoms with Crippen molar-refractivity contribution in [1.29, 1.82) is 0 Å². The Bertz CT molecular complexity index is 742. The average molecular weight is 348 g/mol. The smallest absolute Gasteiger partial charge is 0.313 e. The minimum absolute atomic E-state index is 0.0117. The van der Waals surface area contributed by atoms with Gasteiger partial charge in [0.2, 0.25) is 0 Å². The maximum absolute atomic E-state index is 12.9. The van der Waals surface area contributed by atoms with Crippen molar-refractivity contribution in [2.45, 2.75) is 75.1 Å². The highest BCUT2D eigenvalue weighted by molar-refractivity contribution is 5.82. The van der Waals surface area contributed by atoms with Crippen LogP contribution in [0, 0.1) is 23.2 Å². The second kappa shape index (κ2) is 3.98. The summed E-state index contributed by atoms with van der Waals surface area (Å²) in [4.78, 5) is 12.9. The Morgan fingerprint density at radius 1 is 1.24 bits per heavy atom. The SMILES string of the molecule is CC1C(O)[C@H]2OC(=O)[C@]13CC[C@]14C[C@@H](O)[C@H](O1)[C@@](C)(O)C1=C4[C@@H]3[C@@H]2C1. The van der Waals surface area contributed by atoms with Crippen LogP contribution in [-0.2, 0) is 14.3 Å². The molecule has 3 aliphatic carbocycles. The molecule has 6 nitrogen and oxygen atoms in total. The maximum Gasteiger partial charge on any atom is 0.313 e. The van der Waals surface area contributed by atoms with Gasteiger partial charge in [-0.05, 0) is 37.3 Å². The van der Waals surface area contributed by atoms with Crippen LogP contribution in [0.5, 0.6) is 0 Å². The summed E-state index contributed by atoms with van der Waals surface area (Å²) in [5.41, 5.74) is -0.511. The van der Waals surface area contributed by atoms with Gasteiger partial charge >= 0.3 is 5.97 Å². The first-order valence-corrected chi connectivity index (χ1v) is 9.45. The molecular formula is C19H24O6. The van der Waals surface area contributed by atoms with Crippen molar-refractivity contribution in [3.63, 3.8) is 0 Å². The fourth-order valence-corrected chi connectivity index (χ4v) is 7.52. The van der Waals surface area contributed by atoms with E-state index in [4.69, 9.17) is 9.47 Å². The van der Waals surface area contributed by atoms with Crippen LogP contribution >= 0.6 is 0 Å². The van der Waals surface area contributed by atoms with E-state index in [9.17, 15) is 20.1 Å². The number of carbonyl (C=O) groups excluding carboxylic acids is 1. The number of hydrogen-bond acceptors (Lipinski definition) is 6. The summed E-state index contributed by atoms with van der Waals surface area (Å²) in [5, 5.41) is 32.5. The summed E-state index contributed by atoms with van der Waals surface area (Å²) in [6, 6.07) is 0. The third-order valence-corrected chi connectivity index (χ3v) is 8.60. The minimum atomic E-state index is -1.23. The maximum atomic E-state index is 12.9. The molecule has 0 radical (unpaired) electrons. The van der Waals surface area contributed by atoms with Crippen molar-refractivity contribution >= 4 is 5.97 Å². The molecule has 0 amide bonds. The van der Waals surface area contributed by atoms with Gasteiger partial charge in [-0.15, -0.1) is 0 Å². The monoisotopic (exact) mass is 348 g/mol. The van der Waals surface area contributed by atoms with Gasteiger partial charge in [-0.3, -0.25) is 4.79 Å². The molecule has 4 heterocycles. The highest BCUT2D eigenvalue weighted by Crippen LogP contribution is 2.72. The molecule has 136 valence electrons. The van der Waals surface area contributed by atoms with Crippen LogP contribution < -0.4 is 0 Å². The molecule has 4 bridgehead atoms. The van der Waals surface area contributed by atoms with Crippen molar-refractivity contribution in [2.75, 3.05) is 0 Å². The Balaban J connectivity index is 1.61. The van der Waals surface area contributed by atoms with Gasteiger partial charge in [-0.2, -0.15) is 0 Å². The van der Waals surface area contributed by atoms with Crippen LogP contribution in [-0.4, -0.2) is 56.9 Å². The molecule has 3 N–H and O–H groups in total. The predicted octanol–water partition coefficient (Wildman–Crippen LogP) is 0.288. The number of fused-ring (bicyclic) bond motifs is 3. The number of ether oxygens (including phenoxy) is 2. The first-order chi connectivity index (χ1) is 11.7. The summed E-state index contributed by atoms with van der Waals surface area (Å²) >= 11 is 0. The van der Waals surface area contributed by atoms with E-state index in [2.05, 4.69) is 0 Å². The summed E-state index contributed by atoms with van der Waals surface area (Å²) in [6.45, 7) is 3.68. The standard InChI is InChI=1S/C19H24O6/c1-7-13(21)14-8-5-9-12-11(8)19(7,16(22)24-14)4-3-18(12)6-10(20)15(25-18)17(9,2)23/h7-8,10-11,13-15,20-21,23H,3-6H2,1-2H3/t7?,8-,10+,11-,13?,14-,15-,17-,18+,19+/m0/s1. The van der Waals surface area contributed by atoms with E-state index in [1.165, 1.54) is 0 Å². The van der Waals surface area contributed by atoms with E-state index in [0.717, 1.165) is 11.1 Å². The molecule has 3 saturated heterocycles. The van der Waals surface area contributed by atoms with E-state index in [-0.39, 0.29) is 23.7 Å². The van der Waals surface area contributed by atoms with Crippen LogP contribution in [0.15, 0.2) is 11.1 Å². The van der Waals surface area contributed by atoms with Gasteiger partial charge in [-0.25, -0.2) is 0 Å². The van der Waals surface area contributed by atoms with Crippen LogP contribution in [0.4, 0.5) is 0 Å². The zero-order valence-electron chi connectivity index (χ0n) is 14.4. The highest BCUT2D eigenvalue weighted by atomic mass is 16.6. The van der Waals surface area contributed by atoms with Crippen LogP contribution in [0.3, 0.4) is 0 Å². The number of carbonyl (C=O) groups is 1. The van der Waals surface area contributed by atoms with Gasteiger partial charge < -0.3 is 24.8 Å². The Kier molecular flexibility index (Phi) is 2.41. The van der Waals surface area contributed by atoms with Gasteiger partial charge in [0, 0.05) is 24.2 Å². The van der Waals surface area contributed by atoms with E-state index in [1.54, 1.807) is 6.92 Å². The molecule has 7 aliphatic rings. The molecule has 2 saturated carbocycles. The molecule has 2 unspecified atom stereocenters. The lowest BCUT2D eigenvalue weighted by Crippen LogP contribution is -2.70. The summed E-state index contributed by atoms with van der Waals surface area (Å²) in [6.07, 6.45) is -0.113. The number of rotatable bonds is 0. The first kappa shape index (κ1) is 15.1. The largest absolute Gasteiger partial charge is 0.459 e. The van der Waals surface area contributed by atoms with Gasteiger partial charge in [-0.1, -0.05) is 6.92 Å². The zero-order valence-corrected chi connectivity index (χ0v) is 14.4. The molecule has 6 heteroatoms. The van der Waals surface area contributed by atoms with E-state index >= 15 is 0 Å². The third kappa shape index (κ3) is 1.32. The van der Waals surface area contributed by atoms with Gasteiger partial charge in [0.15, 0.2) is 0 Å². The van der Waals surface area contributed by atoms with Crippen LogP contribution in [0.25, 0.3) is 0 Å². The van der Waals surface area contributed by atoms with Crippen molar-refractivity contribution in [3.05, 3.63) is 11.1 Å². The first-order valence-electron chi connectivity index (χ1n) is 9.45. The fraction of sp³-hybridized carbons (Fsp3) is 0.842. The van der Waals surface area contributed by atoms with Gasteiger partial charge in [0.05, 0.1) is 23.2 Å². The lowest BCUT2D eigenvalue weighted by molar-refractivity contribution is -0.252. The molecule has 25 heavy (non-hydrogen) atoms. The van der Waals surface area contributed by atoms with E-state index < -0.39 is 41.0 Å². The topological polar surface area (TPSA) is 96.2 Å². The van der Waals surface area contributed by atoms with Gasteiger partial charge in [0.1, 0.15) is 17.8 Å². The summed E-state index contributed by atoms with van der Waals surface area (Å²) < 4.78 is 12.0. The molecule has 0 aromatic carbocycles. The van der Waals surface area contributed by atoms with Crippen LogP contribution in [0.2, 0.25) is 0 Å². The quantitative estimate of drug-likeness (QED) is 0.430. The predicted molar refractivity (Wildman–Crippen MR) is 84.2 cm³/mol. The lowest BCUT2D eigenvalue weighted by Gasteiger charge is -2.62. The van der Waals surface area contributed by atoms with Crippen LogP contribution in [0.1, 0.15) is 39.5 Å². The molecule has 10 atom stereocenters. The van der Waals surface area contributed by atoms with Crippen molar-refractivity contribution < 1.29 is 29.6 Å². The molecule has 4 aliphatic heterocycles. The normalized spacial score (nSPS) is 63.7. The number of esters is 1. The molecule has 7 rings (SSSR count). The van der Waals surface area contributed by atoms with Crippen molar-refractivity contribution in [1.82, 2.24) is 0 Å². The number of aliphatic hydroxyl groups excluding tert-OH is 2. The van der Waals surface area contributed by atoms with E-state index in [0.29, 0.717) is 25.7 Å². The Morgan fingerprint density at radius 3 is 2.76 bits per heavy atom. The zero-order chi connectivity index (χ0) is 17.5. The number of hydrogen-bond donors (Lipinski definition) is 3. The molecule has 5 fully saturated rings. The average Bonchev–Trinajstić information content (AvgIpc) is 3.10. The summed E-state index contributed by atoms with van der Waals surface area (Å²) in [7, 11) is 0. The second-order valence-electron chi connectivity index (χ2n) is 9.38. The van der Waals surface area contributed by atoms with Crippen molar-refractivity contribution in [2.24, 2.45) is 23.2 Å². The van der Waals surface area contributed by atoms with E-state index in [1.807, 2.05) is 6.92 Å². The molecule has 0 aromatic rings. The molecule has 0 aromatic heterocycles. The lowest BCUT2D eigenvalue weighted by atomic mass is 9.46. The minimum Gasteiger partial charge on any atom is -0.459 e. The highest BCUT2D eigenvalue weighted by Gasteiger charge is 2.77. The molecular weight excluding hydrogens is 324 g/mol. The second-order valence-corrected chi connectivity index (χ2v) is 9.38. The molecule has 2 spiro atoms. The third-order valence-electron chi connectivity index (χ3n) is 8.60. The van der Waals surface area contributed by atoms with Gasteiger partial charge in [0.25, 0.3) is 0 Å². The Morgan fingerprint density at radius 2 is 2.00 bits per heavy atom. The Labute approximate surface area is 145 Å². The summed E-state index contributed by atoms with van der Waals surface area (Å²) in [5.74, 6) is -0.394. The Hall–Kier alpha value is -0.950. The number of aliphatic hydroxyl groups is 3.